The number of alkyl halides is 1. The summed E-state index contributed by atoms with van der Waals surface area (Å²) in [7, 11) is 0. The molecule has 2 N–H and O–H groups in total. The van der Waals surface area contributed by atoms with E-state index < -0.39 is 0 Å². The normalized spacial score (nSPS) is 23.9. The van der Waals surface area contributed by atoms with Crippen LogP contribution < -0.4 is 10.5 Å². The molecular formula is C16H23FN2O. The predicted octanol–water partition coefficient (Wildman–Crippen LogP) is 3.32. The molecule has 0 saturated heterocycles. The number of hydrogen-bond donors (Lipinski definition) is 1. The predicted molar refractivity (Wildman–Crippen MR) is 76.5 cm³/mol. The van der Waals surface area contributed by atoms with E-state index in [1.54, 1.807) is 6.20 Å². The van der Waals surface area contributed by atoms with Gasteiger partial charge in [0.15, 0.2) is 0 Å². The minimum atomic E-state index is -0.356. The molecule has 3 rings (SSSR count). The summed E-state index contributed by atoms with van der Waals surface area (Å²) < 4.78 is 19.0. The van der Waals surface area contributed by atoms with E-state index in [0.29, 0.717) is 12.3 Å². The van der Waals surface area contributed by atoms with Crippen molar-refractivity contribution < 1.29 is 9.13 Å². The highest BCUT2D eigenvalue weighted by Crippen LogP contribution is 2.47. The lowest BCUT2D eigenvalue weighted by atomic mass is 9.73. The Morgan fingerprint density at radius 2 is 2.25 bits per heavy atom. The van der Waals surface area contributed by atoms with Crippen molar-refractivity contribution in [2.75, 3.05) is 6.67 Å². The van der Waals surface area contributed by atoms with Crippen LogP contribution in [0.15, 0.2) is 12.3 Å². The van der Waals surface area contributed by atoms with Gasteiger partial charge in [0.2, 0.25) is 5.88 Å². The van der Waals surface area contributed by atoms with Crippen LogP contribution in [-0.4, -0.2) is 17.3 Å². The van der Waals surface area contributed by atoms with Gasteiger partial charge in [-0.3, -0.25) is 4.39 Å². The van der Waals surface area contributed by atoms with E-state index >= 15 is 0 Å². The standard InChI is InChI=1S/C16H23FN2O/c1-15(2,10-17)7-11-6-12-13(18)8-16(4-3-5-16)20-14(12)19-9-11/h6,9,13H,3-5,7-8,10,18H2,1-2H3. The number of pyridine rings is 1. The summed E-state index contributed by atoms with van der Waals surface area (Å²) in [6.07, 6.45) is 6.72. The van der Waals surface area contributed by atoms with Gasteiger partial charge in [-0.05, 0) is 42.7 Å². The van der Waals surface area contributed by atoms with E-state index in [4.69, 9.17) is 10.5 Å². The Bertz CT molecular complexity index is 511. The third-order valence-corrected chi connectivity index (χ3v) is 4.55. The van der Waals surface area contributed by atoms with Crippen LogP contribution >= 0.6 is 0 Å². The summed E-state index contributed by atoms with van der Waals surface area (Å²) in [4.78, 5) is 4.44. The van der Waals surface area contributed by atoms with Crippen molar-refractivity contribution in [3.8, 4) is 5.88 Å². The lowest BCUT2D eigenvalue weighted by molar-refractivity contribution is -0.0369. The first-order chi connectivity index (χ1) is 9.43. The lowest BCUT2D eigenvalue weighted by Crippen LogP contribution is -2.48. The monoisotopic (exact) mass is 278 g/mol. The number of ether oxygens (including phenoxy) is 1. The van der Waals surface area contributed by atoms with Crippen molar-refractivity contribution >= 4 is 0 Å². The minimum absolute atomic E-state index is 0.0139. The second-order valence-electron chi connectivity index (χ2n) is 7.16. The van der Waals surface area contributed by atoms with Crippen LogP contribution in [0.3, 0.4) is 0 Å². The maximum absolute atomic E-state index is 13.0. The minimum Gasteiger partial charge on any atom is -0.471 e. The fourth-order valence-electron chi connectivity index (χ4n) is 3.20. The molecule has 0 amide bonds. The molecule has 2 aliphatic rings. The Morgan fingerprint density at radius 3 is 2.85 bits per heavy atom. The van der Waals surface area contributed by atoms with Crippen molar-refractivity contribution in [3.05, 3.63) is 23.4 Å². The van der Waals surface area contributed by atoms with Crippen molar-refractivity contribution in [1.82, 2.24) is 4.98 Å². The van der Waals surface area contributed by atoms with Gasteiger partial charge in [-0.25, -0.2) is 4.98 Å². The molecule has 2 heterocycles. The van der Waals surface area contributed by atoms with Crippen LogP contribution in [0.4, 0.5) is 4.39 Å². The molecule has 20 heavy (non-hydrogen) atoms. The Hall–Kier alpha value is -1.16. The summed E-state index contributed by atoms with van der Waals surface area (Å²) in [6.45, 7) is 3.51. The maximum atomic E-state index is 13.0. The first kappa shape index (κ1) is 13.8. The van der Waals surface area contributed by atoms with Crippen LogP contribution in [0.2, 0.25) is 0 Å². The highest BCUT2D eigenvalue weighted by Gasteiger charge is 2.45. The number of halogens is 1. The topological polar surface area (TPSA) is 48.1 Å². The molecule has 1 aliphatic carbocycles. The molecule has 1 aliphatic heterocycles. The summed E-state index contributed by atoms with van der Waals surface area (Å²) >= 11 is 0. The van der Waals surface area contributed by atoms with Gasteiger partial charge in [0.05, 0.1) is 6.67 Å². The van der Waals surface area contributed by atoms with Gasteiger partial charge in [-0.15, -0.1) is 0 Å². The van der Waals surface area contributed by atoms with E-state index in [0.717, 1.165) is 30.4 Å². The molecule has 0 bridgehead atoms. The number of nitrogens with two attached hydrogens (primary N) is 1. The van der Waals surface area contributed by atoms with E-state index in [1.165, 1.54) is 6.42 Å². The van der Waals surface area contributed by atoms with Crippen molar-refractivity contribution in [2.24, 2.45) is 11.1 Å². The van der Waals surface area contributed by atoms with Crippen LogP contribution in [0.1, 0.15) is 56.7 Å². The van der Waals surface area contributed by atoms with Crippen LogP contribution in [0.25, 0.3) is 0 Å². The lowest BCUT2D eigenvalue weighted by Gasteiger charge is -2.46. The van der Waals surface area contributed by atoms with E-state index in [-0.39, 0.29) is 23.7 Å². The SMILES string of the molecule is CC(C)(CF)Cc1cnc2c(c1)C(N)CC1(CCC1)O2. The summed E-state index contributed by atoms with van der Waals surface area (Å²) in [5, 5.41) is 0. The highest BCUT2D eigenvalue weighted by molar-refractivity contribution is 5.36. The van der Waals surface area contributed by atoms with Gasteiger partial charge in [0.25, 0.3) is 0 Å². The second-order valence-corrected chi connectivity index (χ2v) is 7.16. The third kappa shape index (κ3) is 2.41. The number of rotatable bonds is 3. The largest absolute Gasteiger partial charge is 0.471 e. The van der Waals surface area contributed by atoms with Gasteiger partial charge in [-0.2, -0.15) is 0 Å². The van der Waals surface area contributed by atoms with E-state index in [2.05, 4.69) is 11.1 Å². The molecule has 1 unspecified atom stereocenters. The maximum Gasteiger partial charge on any atom is 0.218 e. The first-order valence-corrected chi connectivity index (χ1v) is 7.42. The molecule has 1 saturated carbocycles. The number of nitrogens with zero attached hydrogens (tertiary/aromatic N) is 1. The number of aromatic nitrogens is 1. The summed E-state index contributed by atoms with van der Waals surface area (Å²) in [5.41, 5.74) is 7.91. The smallest absolute Gasteiger partial charge is 0.218 e. The molecule has 1 aromatic heterocycles. The van der Waals surface area contributed by atoms with Crippen molar-refractivity contribution in [2.45, 2.75) is 57.6 Å². The zero-order chi connectivity index (χ0) is 14.4. The Balaban J connectivity index is 1.84. The summed E-state index contributed by atoms with van der Waals surface area (Å²) in [6, 6.07) is 2.04. The van der Waals surface area contributed by atoms with E-state index in [1.807, 2.05) is 13.8 Å². The molecule has 0 radical (unpaired) electrons. The second kappa shape index (κ2) is 4.69. The molecule has 1 aromatic rings. The van der Waals surface area contributed by atoms with Gasteiger partial charge in [0, 0.05) is 24.2 Å². The molecule has 4 heteroatoms. The molecule has 1 fully saturated rings. The van der Waals surface area contributed by atoms with Crippen LogP contribution in [0.5, 0.6) is 5.88 Å². The van der Waals surface area contributed by atoms with Crippen molar-refractivity contribution in [3.63, 3.8) is 0 Å². The molecule has 1 spiro atoms. The fraction of sp³-hybridized carbons (Fsp3) is 0.688. The quantitative estimate of drug-likeness (QED) is 0.922. The molecular weight excluding hydrogens is 255 g/mol. The van der Waals surface area contributed by atoms with Crippen molar-refractivity contribution in [1.29, 1.82) is 0 Å². The zero-order valence-electron chi connectivity index (χ0n) is 12.3. The highest BCUT2D eigenvalue weighted by atomic mass is 19.1. The van der Waals surface area contributed by atoms with Gasteiger partial charge >= 0.3 is 0 Å². The Morgan fingerprint density at radius 1 is 1.50 bits per heavy atom. The average Bonchev–Trinajstić information content (AvgIpc) is 2.37. The number of hydrogen-bond acceptors (Lipinski definition) is 3. The molecule has 110 valence electrons. The Kier molecular flexibility index (Phi) is 3.24. The van der Waals surface area contributed by atoms with E-state index in [9.17, 15) is 4.39 Å². The van der Waals surface area contributed by atoms with Gasteiger partial charge in [0.1, 0.15) is 5.60 Å². The number of fused-ring (bicyclic) bond motifs is 1. The molecule has 0 aromatic carbocycles. The third-order valence-electron chi connectivity index (χ3n) is 4.55. The van der Waals surface area contributed by atoms with Crippen LogP contribution in [-0.2, 0) is 6.42 Å². The first-order valence-electron chi connectivity index (χ1n) is 7.42. The zero-order valence-corrected chi connectivity index (χ0v) is 12.3. The Labute approximate surface area is 119 Å². The summed E-state index contributed by atoms with van der Waals surface area (Å²) in [5.74, 6) is 0.685. The molecule has 3 nitrogen and oxygen atoms in total. The average molecular weight is 278 g/mol. The fourth-order valence-corrected chi connectivity index (χ4v) is 3.20. The van der Waals surface area contributed by atoms with Gasteiger partial charge < -0.3 is 10.5 Å². The van der Waals surface area contributed by atoms with Gasteiger partial charge in [-0.1, -0.05) is 13.8 Å². The van der Waals surface area contributed by atoms with Crippen LogP contribution in [0, 0.1) is 5.41 Å². The molecule has 1 atom stereocenters.